The van der Waals surface area contributed by atoms with Crippen LogP contribution in [-0.4, -0.2) is 89.1 Å². The van der Waals surface area contributed by atoms with E-state index in [2.05, 4.69) is 72.7 Å². The number of aromatic nitrogens is 2. The Morgan fingerprint density at radius 1 is 1.22 bits per heavy atom. The summed E-state index contributed by atoms with van der Waals surface area (Å²) in [5.74, 6) is 0.694. The maximum atomic E-state index is 12.6. The minimum Gasteiger partial charge on any atom is -0.462 e. The van der Waals surface area contributed by atoms with Gasteiger partial charge in [0.1, 0.15) is 17.4 Å². The van der Waals surface area contributed by atoms with Crippen LogP contribution in [0.4, 0.5) is 11.5 Å². The van der Waals surface area contributed by atoms with Crippen LogP contribution in [0.5, 0.6) is 6.01 Å². The fraction of sp³-hybridized carbons (Fsp3) is 0.486. The third-order valence-corrected chi connectivity index (χ3v) is 11.0. The number of carbonyl (C=O) groups is 1. The molecule has 240 valence electrons. The predicted molar refractivity (Wildman–Crippen MR) is 179 cm³/mol. The van der Waals surface area contributed by atoms with E-state index in [1.54, 1.807) is 16.7 Å². The molecule has 4 aliphatic rings. The van der Waals surface area contributed by atoms with Crippen LogP contribution >= 0.6 is 11.8 Å². The number of nitrogens with zero attached hydrogens (tertiary/aromatic N) is 6. The van der Waals surface area contributed by atoms with Crippen LogP contribution in [0.3, 0.4) is 0 Å². The van der Waals surface area contributed by atoms with Gasteiger partial charge in [0.2, 0.25) is 5.91 Å². The molecule has 11 heteroatoms. The SMILES string of the molecule is C=CC(=O)N1CCN(c2nc(OCC3S[C@]3(C)OC3CCOC3)nc3c2CCN(c2cccc4cccc(C)c24)C3)C[C@@H]1CC#N. The first-order valence-electron chi connectivity index (χ1n) is 16.1. The summed E-state index contributed by atoms with van der Waals surface area (Å²) in [6, 6.07) is 15.3. The summed E-state index contributed by atoms with van der Waals surface area (Å²) in [5.41, 5.74) is 4.50. The average Bonchev–Trinajstić information content (AvgIpc) is 3.42. The number of amides is 1. The number of hydrogen-bond acceptors (Lipinski definition) is 10. The number of fused-ring (bicyclic) bond motifs is 2. The molecular formula is C35H40N6O4S. The second kappa shape index (κ2) is 12.7. The Bertz CT molecular complexity index is 1680. The molecule has 3 aromatic rings. The molecule has 2 unspecified atom stereocenters. The lowest BCUT2D eigenvalue weighted by molar-refractivity contribution is -0.128. The van der Waals surface area contributed by atoms with Gasteiger partial charge in [-0.25, -0.2) is 0 Å². The van der Waals surface area contributed by atoms with E-state index in [9.17, 15) is 10.1 Å². The number of piperazine rings is 1. The largest absolute Gasteiger partial charge is 0.462 e. The smallest absolute Gasteiger partial charge is 0.318 e. The Balaban J connectivity index is 1.17. The molecule has 4 atom stereocenters. The molecule has 0 bridgehead atoms. The van der Waals surface area contributed by atoms with Crippen molar-refractivity contribution < 1.29 is 19.0 Å². The summed E-state index contributed by atoms with van der Waals surface area (Å²) in [6.45, 7) is 12.8. The van der Waals surface area contributed by atoms with Gasteiger partial charge in [-0.1, -0.05) is 36.9 Å². The number of thioether (sulfide) groups is 1. The summed E-state index contributed by atoms with van der Waals surface area (Å²) in [7, 11) is 0. The first-order chi connectivity index (χ1) is 22.4. The third-order valence-electron chi connectivity index (χ3n) is 9.58. The lowest BCUT2D eigenvalue weighted by atomic mass is 9.99. The summed E-state index contributed by atoms with van der Waals surface area (Å²) in [4.78, 5) is 28.7. The van der Waals surface area contributed by atoms with E-state index < -0.39 is 0 Å². The van der Waals surface area contributed by atoms with E-state index in [0.29, 0.717) is 45.4 Å². The fourth-order valence-corrected chi connectivity index (χ4v) is 8.00. The number of rotatable bonds is 9. The van der Waals surface area contributed by atoms with Crippen molar-refractivity contribution in [3.05, 3.63) is 65.9 Å². The van der Waals surface area contributed by atoms with Gasteiger partial charge in [0.25, 0.3) is 0 Å². The van der Waals surface area contributed by atoms with Gasteiger partial charge in [0.05, 0.1) is 48.7 Å². The van der Waals surface area contributed by atoms with Crippen LogP contribution in [0.15, 0.2) is 49.1 Å². The molecule has 0 spiro atoms. The molecule has 3 fully saturated rings. The zero-order valence-corrected chi connectivity index (χ0v) is 27.3. The zero-order chi connectivity index (χ0) is 31.8. The van der Waals surface area contributed by atoms with Crippen LogP contribution in [0, 0.1) is 18.3 Å². The summed E-state index contributed by atoms with van der Waals surface area (Å²) in [5, 5.41) is 12.2. The van der Waals surface area contributed by atoms with Crippen LogP contribution in [0.1, 0.15) is 36.6 Å². The third kappa shape index (κ3) is 6.01. The molecule has 0 N–H and O–H groups in total. The van der Waals surface area contributed by atoms with Crippen molar-refractivity contribution >= 4 is 39.9 Å². The average molecular weight is 641 g/mol. The van der Waals surface area contributed by atoms with Crippen LogP contribution in [-0.2, 0) is 27.2 Å². The highest BCUT2D eigenvalue weighted by Crippen LogP contribution is 2.55. The normalized spacial score (nSPS) is 25.7. The summed E-state index contributed by atoms with van der Waals surface area (Å²) >= 11 is 1.76. The topological polar surface area (TPSA) is 104 Å². The lowest BCUT2D eigenvalue weighted by Crippen LogP contribution is -2.55. The number of anilines is 2. The predicted octanol–water partition coefficient (Wildman–Crippen LogP) is 4.63. The van der Waals surface area contributed by atoms with Crippen LogP contribution < -0.4 is 14.5 Å². The van der Waals surface area contributed by atoms with Gasteiger partial charge >= 0.3 is 6.01 Å². The molecule has 1 amide bonds. The Morgan fingerprint density at radius 3 is 2.85 bits per heavy atom. The molecule has 0 radical (unpaired) electrons. The number of carbonyl (C=O) groups excluding carboxylic acids is 1. The Hall–Kier alpha value is -3.85. The Labute approximate surface area is 274 Å². The minimum absolute atomic E-state index is 0.130. The Morgan fingerprint density at radius 2 is 2.07 bits per heavy atom. The van der Waals surface area contributed by atoms with Gasteiger partial charge in [-0.05, 0) is 49.8 Å². The van der Waals surface area contributed by atoms with Gasteiger partial charge in [0.15, 0.2) is 0 Å². The molecule has 46 heavy (non-hydrogen) atoms. The van der Waals surface area contributed by atoms with Crippen LogP contribution in [0.2, 0.25) is 0 Å². The minimum atomic E-state index is -0.295. The van der Waals surface area contributed by atoms with Gasteiger partial charge in [-0.3, -0.25) is 4.79 Å². The molecule has 10 nitrogen and oxygen atoms in total. The molecule has 2 aromatic carbocycles. The molecular weight excluding hydrogens is 600 g/mol. The lowest BCUT2D eigenvalue weighted by Gasteiger charge is -2.42. The molecule has 4 aliphatic heterocycles. The van der Waals surface area contributed by atoms with Crippen molar-refractivity contribution in [2.75, 3.05) is 55.8 Å². The molecule has 0 aliphatic carbocycles. The molecule has 0 saturated carbocycles. The second-order valence-electron chi connectivity index (χ2n) is 12.6. The Kier molecular flexibility index (Phi) is 8.53. The molecule has 1 aromatic heterocycles. The van der Waals surface area contributed by atoms with E-state index in [4.69, 9.17) is 24.2 Å². The fourth-order valence-electron chi connectivity index (χ4n) is 7.05. The standard InChI is InChI=1S/C35H40N6O4S/c1-4-31(42)41-17-16-40(19-25(41)11-14-36)33-27-12-15-39(29-10-6-9-24-8-5-7-23(2)32(24)29)20-28(27)37-34(38-33)44-22-30-35(3,46-30)45-26-13-18-43-21-26/h4-10,25-26,30H,1,11-13,15-22H2,2-3H3/t25-,26?,30?,35-/m0/s1. The zero-order valence-electron chi connectivity index (χ0n) is 26.5. The second-order valence-corrected chi connectivity index (χ2v) is 14.2. The molecule has 3 saturated heterocycles. The summed E-state index contributed by atoms with van der Waals surface area (Å²) in [6.07, 6.45) is 3.40. The van der Waals surface area contributed by atoms with E-state index in [1.165, 1.54) is 28.1 Å². The number of ether oxygens (including phenoxy) is 3. The van der Waals surface area contributed by atoms with Gasteiger partial charge < -0.3 is 28.9 Å². The summed E-state index contributed by atoms with van der Waals surface area (Å²) < 4.78 is 18.2. The van der Waals surface area contributed by atoms with E-state index in [1.807, 2.05) is 0 Å². The van der Waals surface area contributed by atoms with Crippen molar-refractivity contribution in [3.63, 3.8) is 0 Å². The van der Waals surface area contributed by atoms with Gasteiger partial charge in [-0.15, -0.1) is 11.8 Å². The van der Waals surface area contributed by atoms with Crippen molar-refractivity contribution in [1.82, 2.24) is 14.9 Å². The van der Waals surface area contributed by atoms with Crippen molar-refractivity contribution in [3.8, 4) is 12.1 Å². The van der Waals surface area contributed by atoms with Crippen molar-refractivity contribution in [2.45, 2.75) is 62.0 Å². The van der Waals surface area contributed by atoms with E-state index in [-0.39, 0.29) is 34.7 Å². The van der Waals surface area contributed by atoms with E-state index in [0.717, 1.165) is 43.1 Å². The number of benzene rings is 2. The number of nitriles is 1. The molecule has 5 heterocycles. The highest BCUT2D eigenvalue weighted by Gasteiger charge is 2.55. The van der Waals surface area contributed by atoms with E-state index >= 15 is 0 Å². The highest BCUT2D eigenvalue weighted by molar-refractivity contribution is 8.08. The van der Waals surface area contributed by atoms with Crippen LogP contribution in [0.25, 0.3) is 10.8 Å². The van der Waals surface area contributed by atoms with Gasteiger partial charge in [0, 0.05) is 49.4 Å². The number of aryl methyl sites for hydroxylation is 1. The molecule has 7 rings (SSSR count). The number of hydrogen-bond donors (Lipinski definition) is 0. The van der Waals surface area contributed by atoms with Crippen molar-refractivity contribution in [2.24, 2.45) is 0 Å². The van der Waals surface area contributed by atoms with Crippen molar-refractivity contribution in [1.29, 1.82) is 5.26 Å². The maximum absolute atomic E-state index is 12.6. The quantitative estimate of drug-likeness (QED) is 0.243. The monoisotopic (exact) mass is 640 g/mol. The first kappa shape index (κ1) is 30.8. The highest BCUT2D eigenvalue weighted by atomic mass is 32.2. The van der Waals surface area contributed by atoms with Gasteiger partial charge in [-0.2, -0.15) is 15.2 Å². The first-order valence-corrected chi connectivity index (χ1v) is 17.0. The maximum Gasteiger partial charge on any atom is 0.318 e.